The molecule has 1 heterocycles. The summed E-state index contributed by atoms with van der Waals surface area (Å²) in [6.07, 6.45) is 0. The maximum absolute atomic E-state index is 12.2. The van der Waals surface area contributed by atoms with Crippen molar-refractivity contribution in [1.82, 2.24) is 10.2 Å². The van der Waals surface area contributed by atoms with Crippen LogP contribution in [0.1, 0.15) is 10.4 Å². The number of carbonyl (C=O) groups excluding carboxylic acids is 1. The topological polar surface area (TPSA) is 52.6 Å². The molecule has 4 nitrogen and oxygen atoms in total. The van der Waals surface area contributed by atoms with E-state index in [-0.39, 0.29) is 22.2 Å². The number of hydrogen-bond donors (Lipinski definition) is 2. The summed E-state index contributed by atoms with van der Waals surface area (Å²) >= 11 is 9.10. The quantitative estimate of drug-likeness (QED) is 0.831. The number of benzene rings is 1. The van der Waals surface area contributed by atoms with Crippen LogP contribution in [0.25, 0.3) is 0 Å². The van der Waals surface area contributed by atoms with Crippen molar-refractivity contribution in [3.05, 3.63) is 27.2 Å². The van der Waals surface area contributed by atoms with Crippen LogP contribution in [0.2, 0.25) is 5.02 Å². The van der Waals surface area contributed by atoms with Crippen LogP contribution >= 0.6 is 27.5 Å². The van der Waals surface area contributed by atoms with Gasteiger partial charge in [0.2, 0.25) is 0 Å². The Hall–Kier alpha value is -0.780. The maximum Gasteiger partial charge on any atom is 0.257 e. The monoisotopic (exact) mass is 318 g/mol. The summed E-state index contributed by atoms with van der Waals surface area (Å²) in [7, 11) is 0. The number of nitrogens with one attached hydrogen (secondary N) is 1. The van der Waals surface area contributed by atoms with Gasteiger partial charge in [-0.05, 0) is 12.1 Å². The van der Waals surface area contributed by atoms with Crippen molar-refractivity contribution in [3.63, 3.8) is 0 Å². The minimum absolute atomic E-state index is 0.154. The number of rotatable bonds is 1. The number of hydrogen-bond acceptors (Lipinski definition) is 3. The molecule has 0 unspecified atom stereocenters. The van der Waals surface area contributed by atoms with Crippen molar-refractivity contribution >= 4 is 33.4 Å². The molecule has 0 radical (unpaired) electrons. The predicted molar refractivity (Wildman–Crippen MR) is 69.6 cm³/mol. The number of piperazine rings is 1. The van der Waals surface area contributed by atoms with Crippen LogP contribution in [-0.4, -0.2) is 42.1 Å². The predicted octanol–water partition coefficient (Wildman–Crippen LogP) is 1.85. The summed E-state index contributed by atoms with van der Waals surface area (Å²) in [4.78, 5) is 13.9. The van der Waals surface area contributed by atoms with E-state index in [2.05, 4.69) is 21.2 Å². The van der Waals surface area contributed by atoms with Gasteiger partial charge in [0.15, 0.2) is 0 Å². The first-order valence-electron chi connectivity index (χ1n) is 5.27. The zero-order chi connectivity index (χ0) is 12.4. The fraction of sp³-hybridized carbons (Fsp3) is 0.364. The van der Waals surface area contributed by atoms with Crippen molar-refractivity contribution in [2.45, 2.75) is 0 Å². The molecule has 1 fully saturated rings. The van der Waals surface area contributed by atoms with Crippen molar-refractivity contribution in [3.8, 4) is 5.75 Å². The molecule has 2 N–H and O–H groups in total. The van der Waals surface area contributed by atoms with Crippen LogP contribution < -0.4 is 5.32 Å². The third-order valence-corrected chi connectivity index (χ3v) is 3.41. The van der Waals surface area contributed by atoms with Crippen LogP contribution in [0.15, 0.2) is 16.6 Å². The third kappa shape index (κ3) is 2.73. The second-order valence-corrected chi connectivity index (χ2v) is 5.15. The van der Waals surface area contributed by atoms with Crippen molar-refractivity contribution in [1.29, 1.82) is 0 Å². The zero-order valence-corrected chi connectivity index (χ0v) is 11.4. The van der Waals surface area contributed by atoms with Crippen LogP contribution in [0.4, 0.5) is 0 Å². The van der Waals surface area contributed by atoms with E-state index < -0.39 is 0 Å². The Kier molecular flexibility index (Phi) is 3.91. The molecule has 1 aliphatic heterocycles. The fourth-order valence-electron chi connectivity index (χ4n) is 1.77. The van der Waals surface area contributed by atoms with E-state index >= 15 is 0 Å². The molecular formula is C11H12BrClN2O2. The summed E-state index contributed by atoms with van der Waals surface area (Å²) in [5, 5.41) is 13.2. The molecule has 6 heteroatoms. The summed E-state index contributed by atoms with van der Waals surface area (Å²) in [5.74, 6) is -0.342. The fourth-order valence-corrected chi connectivity index (χ4v) is 2.58. The minimum Gasteiger partial charge on any atom is -0.506 e. The molecule has 2 rings (SSSR count). The Labute approximate surface area is 113 Å². The Morgan fingerprint density at radius 1 is 1.41 bits per heavy atom. The molecule has 1 amide bonds. The second-order valence-electron chi connectivity index (χ2n) is 3.83. The van der Waals surface area contributed by atoms with Gasteiger partial charge in [0.25, 0.3) is 5.91 Å². The van der Waals surface area contributed by atoms with E-state index in [0.717, 1.165) is 13.1 Å². The smallest absolute Gasteiger partial charge is 0.257 e. The normalized spacial score (nSPS) is 16.0. The number of halogens is 2. The highest BCUT2D eigenvalue weighted by atomic mass is 79.9. The van der Waals surface area contributed by atoms with Crippen molar-refractivity contribution in [2.24, 2.45) is 0 Å². The number of amides is 1. The summed E-state index contributed by atoms with van der Waals surface area (Å²) in [6.45, 7) is 2.83. The molecule has 1 aromatic carbocycles. The number of phenolic OH excluding ortho intramolecular Hbond substituents is 1. The van der Waals surface area contributed by atoms with Gasteiger partial charge in [-0.3, -0.25) is 4.79 Å². The molecule has 0 spiro atoms. The van der Waals surface area contributed by atoms with Gasteiger partial charge < -0.3 is 15.3 Å². The third-order valence-electron chi connectivity index (χ3n) is 2.66. The van der Waals surface area contributed by atoms with Crippen LogP contribution in [0.5, 0.6) is 5.75 Å². The number of aromatic hydroxyl groups is 1. The van der Waals surface area contributed by atoms with E-state index in [1.54, 1.807) is 17.0 Å². The van der Waals surface area contributed by atoms with Crippen molar-refractivity contribution in [2.75, 3.05) is 26.2 Å². The number of carbonyl (C=O) groups is 1. The average molecular weight is 320 g/mol. The molecule has 0 atom stereocenters. The van der Waals surface area contributed by atoms with Gasteiger partial charge in [-0.25, -0.2) is 0 Å². The molecule has 17 heavy (non-hydrogen) atoms. The van der Waals surface area contributed by atoms with Gasteiger partial charge in [-0.2, -0.15) is 0 Å². The molecule has 1 saturated heterocycles. The highest BCUT2D eigenvalue weighted by Crippen LogP contribution is 2.32. The summed E-state index contributed by atoms with van der Waals surface area (Å²) in [5.41, 5.74) is 0.242. The minimum atomic E-state index is -0.188. The molecule has 1 aliphatic rings. The van der Waals surface area contributed by atoms with Crippen LogP contribution in [-0.2, 0) is 0 Å². The van der Waals surface area contributed by atoms with E-state index in [1.165, 1.54) is 0 Å². The van der Waals surface area contributed by atoms with E-state index in [0.29, 0.717) is 17.6 Å². The summed E-state index contributed by atoms with van der Waals surface area (Å²) in [6, 6.07) is 3.15. The highest BCUT2D eigenvalue weighted by molar-refractivity contribution is 9.10. The van der Waals surface area contributed by atoms with Gasteiger partial charge >= 0.3 is 0 Å². The first-order chi connectivity index (χ1) is 8.09. The van der Waals surface area contributed by atoms with Gasteiger partial charge in [0.05, 0.1) is 10.6 Å². The van der Waals surface area contributed by atoms with Gasteiger partial charge in [0, 0.05) is 30.7 Å². The standard InChI is InChI=1S/C11H12BrClN2O2/c12-7-5-8(10(16)9(13)6-7)11(17)15-3-1-14-2-4-15/h5-6,14,16H,1-4H2. The van der Waals surface area contributed by atoms with Gasteiger partial charge in [-0.1, -0.05) is 27.5 Å². The number of phenols is 1. The van der Waals surface area contributed by atoms with Crippen LogP contribution in [0, 0.1) is 0 Å². The largest absolute Gasteiger partial charge is 0.506 e. The number of nitrogens with zero attached hydrogens (tertiary/aromatic N) is 1. The van der Waals surface area contributed by atoms with Crippen LogP contribution in [0.3, 0.4) is 0 Å². The molecular weight excluding hydrogens is 307 g/mol. The molecule has 0 aliphatic carbocycles. The Balaban J connectivity index is 2.29. The molecule has 0 aromatic heterocycles. The second kappa shape index (κ2) is 5.25. The maximum atomic E-state index is 12.2. The van der Waals surface area contributed by atoms with E-state index in [4.69, 9.17) is 11.6 Å². The van der Waals surface area contributed by atoms with Gasteiger partial charge in [0.1, 0.15) is 5.75 Å². The molecule has 0 saturated carbocycles. The SMILES string of the molecule is O=C(c1cc(Br)cc(Cl)c1O)N1CCNCC1. The molecule has 0 bridgehead atoms. The zero-order valence-electron chi connectivity index (χ0n) is 9.04. The van der Waals surface area contributed by atoms with Crippen molar-refractivity contribution < 1.29 is 9.90 Å². The lowest BCUT2D eigenvalue weighted by Gasteiger charge is -2.27. The lowest BCUT2D eigenvalue weighted by Crippen LogP contribution is -2.46. The highest BCUT2D eigenvalue weighted by Gasteiger charge is 2.22. The first kappa shape index (κ1) is 12.7. The van der Waals surface area contributed by atoms with E-state index in [1.807, 2.05) is 0 Å². The summed E-state index contributed by atoms with van der Waals surface area (Å²) < 4.78 is 0.679. The lowest BCUT2D eigenvalue weighted by atomic mass is 10.1. The van der Waals surface area contributed by atoms with E-state index in [9.17, 15) is 9.90 Å². The molecule has 92 valence electrons. The Morgan fingerprint density at radius 2 is 2.06 bits per heavy atom. The lowest BCUT2D eigenvalue weighted by molar-refractivity contribution is 0.0732. The average Bonchev–Trinajstić information content (AvgIpc) is 2.34. The Morgan fingerprint density at radius 3 is 2.71 bits per heavy atom. The van der Waals surface area contributed by atoms with Gasteiger partial charge in [-0.15, -0.1) is 0 Å². The molecule has 1 aromatic rings. The Bertz CT molecular complexity index is 447. The first-order valence-corrected chi connectivity index (χ1v) is 6.44.